The molecule has 0 saturated heterocycles. The van der Waals surface area contributed by atoms with Crippen LogP contribution in [0.2, 0.25) is 0 Å². The zero-order valence-electron chi connectivity index (χ0n) is 11.3. The molecule has 0 bridgehead atoms. The van der Waals surface area contributed by atoms with Crippen molar-refractivity contribution in [3.8, 4) is 5.75 Å². The van der Waals surface area contributed by atoms with Crippen molar-refractivity contribution >= 4 is 17.9 Å². The van der Waals surface area contributed by atoms with E-state index in [4.69, 9.17) is 0 Å². The van der Waals surface area contributed by atoms with Crippen LogP contribution < -0.4 is 10.2 Å². The first-order chi connectivity index (χ1) is 10.5. The quantitative estimate of drug-likeness (QED) is 0.456. The topological polar surface area (TPSA) is 119 Å². The minimum absolute atomic E-state index is 0.0781. The summed E-state index contributed by atoms with van der Waals surface area (Å²) in [5.41, 5.74) is 0.797. The third-order valence-corrected chi connectivity index (χ3v) is 2.88. The average Bonchev–Trinajstić information content (AvgIpc) is 2.49. The van der Waals surface area contributed by atoms with Gasteiger partial charge in [-0.3, -0.25) is 15.1 Å². The van der Waals surface area contributed by atoms with Crippen LogP contribution in [0.1, 0.15) is 21.5 Å². The van der Waals surface area contributed by atoms with Gasteiger partial charge in [0.05, 0.1) is 17.4 Å². The number of carbonyl (C=O) groups excluding carboxylic acids is 1. The molecule has 2 aromatic carbocycles. The molecule has 0 amide bonds. The molecule has 0 N–H and O–H groups in total. The maximum atomic E-state index is 11.3. The fourth-order valence-corrected chi connectivity index (χ4v) is 1.76. The molecule has 0 unspecified atom stereocenters. The van der Waals surface area contributed by atoms with E-state index in [-0.39, 0.29) is 12.1 Å². The van der Waals surface area contributed by atoms with Gasteiger partial charge in [-0.25, -0.2) is 0 Å². The van der Waals surface area contributed by atoms with Crippen molar-refractivity contribution in [1.82, 2.24) is 0 Å². The van der Waals surface area contributed by atoms with Gasteiger partial charge < -0.3 is 15.0 Å². The summed E-state index contributed by atoms with van der Waals surface area (Å²) in [5, 5.41) is 32.5. The van der Waals surface area contributed by atoms with Gasteiger partial charge in [0.25, 0.3) is 5.69 Å². The molecule has 112 valence electrons. The number of nitro groups is 1. The lowest BCUT2D eigenvalue weighted by molar-refractivity contribution is -0.398. The molecule has 2 aromatic rings. The fraction of sp³-hybridized carbons (Fsp3) is 0.0667. The molecule has 0 saturated carbocycles. The standard InChI is InChI=1S/C15H12N2O5/c18-14-6-3-11(7-13(14)17(21)22)9-16-8-10-1-4-12(5-2-10)15(19)20/h1-7,9,18H,8H2,(H,19,20)/p-2. The summed E-state index contributed by atoms with van der Waals surface area (Å²) < 4.78 is 0. The first-order valence-electron chi connectivity index (χ1n) is 6.23. The van der Waals surface area contributed by atoms with E-state index in [9.17, 15) is 25.1 Å². The summed E-state index contributed by atoms with van der Waals surface area (Å²) in [6, 6.07) is 9.75. The van der Waals surface area contributed by atoms with E-state index in [1.54, 1.807) is 12.1 Å². The average molecular weight is 298 g/mol. The Labute approximate surface area is 125 Å². The smallest absolute Gasteiger partial charge is 0.262 e. The number of carboxylic acids is 1. The lowest BCUT2D eigenvalue weighted by atomic mass is 10.1. The Bertz CT molecular complexity index is 738. The number of hydrogen-bond donors (Lipinski definition) is 0. The van der Waals surface area contributed by atoms with Crippen LogP contribution in [0.3, 0.4) is 0 Å². The SMILES string of the molecule is O=C([O-])c1ccc(CN=Cc2ccc([O-])c([N+](=O)[O-])c2)cc1. The Hall–Kier alpha value is -3.22. The number of benzene rings is 2. The zero-order chi connectivity index (χ0) is 16.1. The number of aliphatic imine (C=N–C) groups is 1. The second kappa shape index (κ2) is 6.49. The molecule has 0 aromatic heterocycles. The number of carboxylic acid groups (broad SMARTS) is 1. The van der Waals surface area contributed by atoms with Crippen LogP contribution in [0.25, 0.3) is 0 Å². The second-order valence-electron chi connectivity index (χ2n) is 4.44. The largest absolute Gasteiger partial charge is 0.868 e. The van der Waals surface area contributed by atoms with Crippen molar-refractivity contribution in [2.45, 2.75) is 6.54 Å². The summed E-state index contributed by atoms with van der Waals surface area (Å²) in [6.45, 7) is 0.278. The lowest BCUT2D eigenvalue weighted by Gasteiger charge is -2.06. The van der Waals surface area contributed by atoms with Crippen molar-refractivity contribution in [2.75, 3.05) is 0 Å². The van der Waals surface area contributed by atoms with E-state index in [2.05, 4.69) is 4.99 Å². The molecule has 0 heterocycles. The first kappa shape index (κ1) is 15.2. The van der Waals surface area contributed by atoms with Gasteiger partial charge in [-0.1, -0.05) is 36.4 Å². The molecule has 7 heteroatoms. The molecular formula is C15H10N2O5-2. The van der Waals surface area contributed by atoms with Crippen LogP contribution in [0.4, 0.5) is 5.69 Å². The van der Waals surface area contributed by atoms with E-state index >= 15 is 0 Å². The van der Waals surface area contributed by atoms with Crippen molar-refractivity contribution in [3.05, 3.63) is 69.3 Å². The highest BCUT2D eigenvalue weighted by Crippen LogP contribution is 2.23. The molecule has 0 fully saturated rings. The van der Waals surface area contributed by atoms with Crippen LogP contribution in [0, 0.1) is 10.1 Å². The van der Waals surface area contributed by atoms with Gasteiger partial charge in [0.1, 0.15) is 0 Å². The zero-order valence-corrected chi connectivity index (χ0v) is 11.3. The highest BCUT2D eigenvalue weighted by atomic mass is 16.6. The molecule has 0 aliphatic carbocycles. The molecule has 7 nitrogen and oxygen atoms in total. The monoisotopic (exact) mass is 298 g/mol. The predicted octanol–water partition coefficient (Wildman–Crippen LogP) is 0.651. The number of nitrogens with zero attached hydrogens (tertiary/aromatic N) is 2. The fourth-order valence-electron chi connectivity index (χ4n) is 1.76. The predicted molar refractivity (Wildman–Crippen MR) is 74.6 cm³/mol. The number of hydrogen-bond acceptors (Lipinski definition) is 6. The van der Waals surface area contributed by atoms with Gasteiger partial charge in [0, 0.05) is 12.3 Å². The van der Waals surface area contributed by atoms with Crippen molar-refractivity contribution in [1.29, 1.82) is 0 Å². The molecule has 22 heavy (non-hydrogen) atoms. The molecule has 2 rings (SSSR count). The lowest BCUT2D eigenvalue weighted by Crippen LogP contribution is -2.21. The van der Waals surface area contributed by atoms with Gasteiger partial charge in [0.15, 0.2) is 0 Å². The minimum atomic E-state index is -1.25. The third-order valence-electron chi connectivity index (χ3n) is 2.88. The van der Waals surface area contributed by atoms with Gasteiger partial charge in [0.2, 0.25) is 0 Å². The van der Waals surface area contributed by atoms with Crippen molar-refractivity contribution in [2.24, 2.45) is 4.99 Å². The Morgan fingerprint density at radius 1 is 1.18 bits per heavy atom. The van der Waals surface area contributed by atoms with Gasteiger partial charge in [-0.2, -0.15) is 0 Å². The van der Waals surface area contributed by atoms with E-state index in [0.29, 0.717) is 5.56 Å². The van der Waals surface area contributed by atoms with Gasteiger partial charge in [-0.05, 0) is 22.4 Å². The number of nitro benzene ring substituents is 1. The van der Waals surface area contributed by atoms with Crippen LogP contribution in [0.15, 0.2) is 47.5 Å². The minimum Gasteiger partial charge on any atom is -0.868 e. The van der Waals surface area contributed by atoms with E-state index in [1.807, 2.05) is 0 Å². The Morgan fingerprint density at radius 3 is 2.45 bits per heavy atom. The van der Waals surface area contributed by atoms with Crippen molar-refractivity contribution < 1.29 is 19.9 Å². The maximum Gasteiger partial charge on any atom is 0.262 e. The Morgan fingerprint density at radius 2 is 1.86 bits per heavy atom. The Kier molecular flexibility index (Phi) is 4.47. The summed E-state index contributed by atoms with van der Waals surface area (Å²) in [4.78, 5) is 24.6. The number of carbonyl (C=O) groups is 1. The highest BCUT2D eigenvalue weighted by Gasteiger charge is 2.06. The van der Waals surface area contributed by atoms with Crippen LogP contribution in [0.5, 0.6) is 5.75 Å². The second-order valence-corrected chi connectivity index (χ2v) is 4.44. The summed E-state index contributed by atoms with van der Waals surface area (Å²) >= 11 is 0. The van der Waals surface area contributed by atoms with Crippen LogP contribution >= 0.6 is 0 Å². The molecule has 0 spiro atoms. The summed E-state index contributed by atoms with van der Waals surface area (Å²) in [5.74, 6) is -1.90. The molecular weight excluding hydrogens is 288 g/mol. The summed E-state index contributed by atoms with van der Waals surface area (Å²) in [6.07, 6.45) is 1.42. The first-order valence-corrected chi connectivity index (χ1v) is 6.23. The normalized spacial score (nSPS) is 10.7. The molecule has 0 aliphatic heterocycles. The molecule has 0 aliphatic rings. The Balaban J connectivity index is 2.08. The number of aromatic carboxylic acids is 1. The van der Waals surface area contributed by atoms with Crippen LogP contribution in [-0.4, -0.2) is 17.1 Å². The summed E-state index contributed by atoms with van der Waals surface area (Å²) in [7, 11) is 0. The van der Waals surface area contributed by atoms with Gasteiger partial charge in [-0.15, -0.1) is 0 Å². The highest BCUT2D eigenvalue weighted by molar-refractivity contribution is 5.85. The van der Waals surface area contributed by atoms with E-state index in [1.165, 1.54) is 24.4 Å². The van der Waals surface area contributed by atoms with Gasteiger partial charge >= 0.3 is 0 Å². The van der Waals surface area contributed by atoms with E-state index < -0.39 is 22.3 Å². The third kappa shape index (κ3) is 3.66. The van der Waals surface area contributed by atoms with Crippen LogP contribution in [-0.2, 0) is 6.54 Å². The number of rotatable bonds is 5. The maximum absolute atomic E-state index is 11.3. The molecule has 0 radical (unpaired) electrons. The molecule has 0 atom stereocenters. The van der Waals surface area contributed by atoms with E-state index in [0.717, 1.165) is 17.7 Å². The van der Waals surface area contributed by atoms with Crippen molar-refractivity contribution in [3.63, 3.8) is 0 Å².